The van der Waals surface area contributed by atoms with Gasteiger partial charge in [-0.2, -0.15) is 0 Å². The highest BCUT2D eigenvalue weighted by molar-refractivity contribution is 7.92. The Hall–Kier alpha value is -2.55. The molecule has 0 fully saturated rings. The smallest absolute Gasteiger partial charge is 0.261 e. The average Bonchev–Trinajstić information content (AvgIpc) is 3.07. The van der Waals surface area contributed by atoms with Gasteiger partial charge in [-0.3, -0.25) is 4.72 Å². The fourth-order valence-corrected chi connectivity index (χ4v) is 3.70. The van der Waals surface area contributed by atoms with Crippen molar-refractivity contribution in [2.45, 2.75) is 11.8 Å². The first kappa shape index (κ1) is 16.3. The minimum atomic E-state index is -3.60. The van der Waals surface area contributed by atoms with Gasteiger partial charge in [0.05, 0.1) is 15.5 Å². The lowest BCUT2D eigenvalue weighted by atomic mass is 10.2. The molecular weight excluding hydrogens is 338 g/mol. The number of nitrogens with one attached hydrogen (secondary N) is 1. The number of anilines is 1. The van der Waals surface area contributed by atoms with Crippen molar-refractivity contribution in [1.29, 1.82) is 0 Å². The second-order valence-corrected chi connectivity index (χ2v) is 7.86. The molecule has 0 bridgehead atoms. The van der Waals surface area contributed by atoms with E-state index in [9.17, 15) is 8.42 Å². The average molecular weight is 353 g/mol. The van der Waals surface area contributed by atoms with E-state index < -0.39 is 10.0 Å². The number of hydrogen-bond donors (Lipinski definition) is 1. The Bertz CT molecular complexity index is 994. The zero-order valence-electron chi connectivity index (χ0n) is 13.0. The van der Waals surface area contributed by atoms with Crippen LogP contribution < -0.4 is 4.72 Å². The number of thiophene rings is 1. The molecule has 0 radical (unpaired) electrons. The van der Waals surface area contributed by atoms with E-state index in [-0.39, 0.29) is 4.90 Å². The summed E-state index contributed by atoms with van der Waals surface area (Å²) in [5, 5.41) is 1.97. The van der Waals surface area contributed by atoms with Crippen LogP contribution in [0.1, 0.15) is 16.0 Å². The zero-order valence-corrected chi connectivity index (χ0v) is 14.6. The molecule has 0 atom stereocenters. The van der Waals surface area contributed by atoms with Crippen molar-refractivity contribution in [1.82, 2.24) is 0 Å². The first-order chi connectivity index (χ1) is 11.5. The first-order valence-corrected chi connectivity index (χ1v) is 9.64. The Morgan fingerprint density at radius 3 is 2.46 bits per heavy atom. The van der Waals surface area contributed by atoms with Crippen LogP contribution in [0.15, 0.2) is 70.9 Å². The van der Waals surface area contributed by atoms with Crippen molar-refractivity contribution in [3.05, 3.63) is 82.0 Å². The standard InChI is InChI=1S/C19H15NO2S2/c1-15-7-11-19(12-8-15)24(21,22)20-17-5-2-4-16(14-17)9-10-18-6-3-13-23-18/h2-8,11-14,20H,1H3. The van der Waals surface area contributed by atoms with Gasteiger partial charge >= 0.3 is 0 Å². The lowest BCUT2D eigenvalue weighted by Crippen LogP contribution is -2.12. The summed E-state index contributed by atoms with van der Waals surface area (Å²) in [5.74, 6) is 6.11. The third-order valence-electron chi connectivity index (χ3n) is 3.30. The molecule has 1 heterocycles. The summed E-state index contributed by atoms with van der Waals surface area (Å²) in [7, 11) is -3.60. The van der Waals surface area contributed by atoms with Gasteiger partial charge in [0.25, 0.3) is 10.0 Å². The summed E-state index contributed by atoms with van der Waals surface area (Å²) >= 11 is 1.57. The minimum Gasteiger partial charge on any atom is -0.280 e. The quantitative estimate of drug-likeness (QED) is 0.715. The van der Waals surface area contributed by atoms with E-state index >= 15 is 0 Å². The Morgan fingerprint density at radius 1 is 0.958 bits per heavy atom. The fourth-order valence-electron chi connectivity index (χ4n) is 2.08. The molecule has 5 heteroatoms. The van der Waals surface area contributed by atoms with Crippen LogP contribution >= 0.6 is 11.3 Å². The maximum atomic E-state index is 12.4. The topological polar surface area (TPSA) is 46.2 Å². The van der Waals surface area contributed by atoms with Gasteiger partial charge in [-0.1, -0.05) is 41.7 Å². The lowest BCUT2D eigenvalue weighted by molar-refractivity contribution is 0.601. The monoisotopic (exact) mass is 353 g/mol. The normalized spacial score (nSPS) is 10.7. The summed E-state index contributed by atoms with van der Waals surface area (Å²) in [6.45, 7) is 1.92. The van der Waals surface area contributed by atoms with Crippen LogP contribution in [0, 0.1) is 18.8 Å². The Balaban J connectivity index is 1.83. The van der Waals surface area contributed by atoms with Gasteiger partial charge in [-0.15, -0.1) is 11.3 Å². The van der Waals surface area contributed by atoms with Crippen LogP contribution in [0.5, 0.6) is 0 Å². The highest BCUT2D eigenvalue weighted by Crippen LogP contribution is 2.17. The van der Waals surface area contributed by atoms with E-state index in [0.29, 0.717) is 5.69 Å². The minimum absolute atomic E-state index is 0.239. The molecule has 0 aliphatic rings. The summed E-state index contributed by atoms with van der Waals surface area (Å²) in [4.78, 5) is 1.21. The SMILES string of the molecule is Cc1ccc(S(=O)(=O)Nc2cccc(C#Cc3cccs3)c2)cc1. The van der Waals surface area contributed by atoms with E-state index in [2.05, 4.69) is 16.6 Å². The molecule has 1 aromatic heterocycles. The molecule has 3 rings (SSSR count). The number of sulfonamides is 1. The fraction of sp³-hybridized carbons (Fsp3) is 0.0526. The maximum Gasteiger partial charge on any atom is 0.261 e. The van der Waals surface area contributed by atoms with Gasteiger partial charge in [0.2, 0.25) is 0 Å². The molecule has 0 aliphatic heterocycles. The van der Waals surface area contributed by atoms with E-state index in [4.69, 9.17) is 0 Å². The number of aryl methyl sites for hydroxylation is 1. The summed E-state index contributed by atoms with van der Waals surface area (Å²) in [5.41, 5.74) is 2.26. The van der Waals surface area contributed by atoms with Gasteiger partial charge in [0.1, 0.15) is 0 Å². The Labute approximate surface area is 146 Å². The van der Waals surface area contributed by atoms with Crippen molar-refractivity contribution in [2.75, 3.05) is 4.72 Å². The lowest BCUT2D eigenvalue weighted by Gasteiger charge is -2.08. The van der Waals surface area contributed by atoms with E-state index in [1.54, 1.807) is 53.8 Å². The van der Waals surface area contributed by atoms with Crippen LogP contribution in [-0.4, -0.2) is 8.42 Å². The molecule has 0 aliphatic carbocycles. The zero-order chi connectivity index (χ0) is 17.0. The van der Waals surface area contributed by atoms with E-state index in [0.717, 1.165) is 16.0 Å². The molecule has 2 aromatic carbocycles. The van der Waals surface area contributed by atoms with Gasteiger partial charge < -0.3 is 0 Å². The van der Waals surface area contributed by atoms with Crippen molar-refractivity contribution in [3.8, 4) is 11.8 Å². The van der Waals surface area contributed by atoms with Crippen LogP contribution in [0.3, 0.4) is 0 Å². The Morgan fingerprint density at radius 2 is 1.75 bits per heavy atom. The highest BCUT2D eigenvalue weighted by Gasteiger charge is 2.13. The molecule has 24 heavy (non-hydrogen) atoms. The second-order valence-electron chi connectivity index (χ2n) is 5.23. The molecule has 120 valence electrons. The van der Waals surface area contributed by atoms with Crippen LogP contribution in [0.2, 0.25) is 0 Å². The number of benzene rings is 2. The van der Waals surface area contributed by atoms with Crippen molar-refractivity contribution >= 4 is 27.0 Å². The van der Waals surface area contributed by atoms with Crippen LogP contribution in [0.4, 0.5) is 5.69 Å². The molecule has 0 saturated carbocycles. The number of hydrogen-bond acceptors (Lipinski definition) is 3. The summed E-state index contributed by atoms with van der Waals surface area (Å²) < 4.78 is 27.4. The molecule has 1 N–H and O–H groups in total. The van der Waals surface area contributed by atoms with Crippen molar-refractivity contribution in [2.24, 2.45) is 0 Å². The number of rotatable bonds is 3. The first-order valence-electron chi connectivity index (χ1n) is 7.28. The third-order valence-corrected chi connectivity index (χ3v) is 5.48. The molecule has 0 spiro atoms. The van der Waals surface area contributed by atoms with Gasteiger partial charge in [-0.25, -0.2) is 8.42 Å². The van der Waals surface area contributed by atoms with Gasteiger partial charge in [-0.05, 0) is 48.7 Å². The molecule has 0 unspecified atom stereocenters. The molecule has 0 saturated heterocycles. The summed E-state index contributed by atoms with van der Waals surface area (Å²) in [6, 6.07) is 17.7. The summed E-state index contributed by atoms with van der Waals surface area (Å²) in [6.07, 6.45) is 0. The maximum absolute atomic E-state index is 12.4. The van der Waals surface area contributed by atoms with E-state index in [1.807, 2.05) is 30.5 Å². The molecule has 3 nitrogen and oxygen atoms in total. The largest absolute Gasteiger partial charge is 0.280 e. The van der Waals surface area contributed by atoms with E-state index in [1.165, 1.54) is 0 Å². The second kappa shape index (κ2) is 6.91. The van der Waals surface area contributed by atoms with Crippen LogP contribution in [0.25, 0.3) is 0 Å². The van der Waals surface area contributed by atoms with Crippen LogP contribution in [-0.2, 0) is 10.0 Å². The van der Waals surface area contributed by atoms with Crippen molar-refractivity contribution in [3.63, 3.8) is 0 Å². The predicted octanol–water partition coefficient (Wildman–Crippen LogP) is 4.26. The third kappa shape index (κ3) is 4.05. The van der Waals surface area contributed by atoms with Crippen molar-refractivity contribution < 1.29 is 8.42 Å². The van der Waals surface area contributed by atoms with Gasteiger partial charge in [0.15, 0.2) is 0 Å². The van der Waals surface area contributed by atoms with Gasteiger partial charge in [0, 0.05) is 5.56 Å². The predicted molar refractivity (Wildman–Crippen MR) is 98.7 cm³/mol. The molecule has 3 aromatic rings. The molecular formula is C19H15NO2S2. The molecule has 0 amide bonds. The highest BCUT2D eigenvalue weighted by atomic mass is 32.2. The Kier molecular flexibility index (Phi) is 4.70.